The van der Waals surface area contributed by atoms with Crippen LogP contribution in [0.1, 0.15) is 0 Å². The third-order valence-corrected chi connectivity index (χ3v) is 1.85. The van der Waals surface area contributed by atoms with Gasteiger partial charge in [0.15, 0.2) is 12.2 Å². The minimum Gasteiger partial charge on any atom is -0.479 e. The van der Waals surface area contributed by atoms with Gasteiger partial charge in [0, 0.05) is 0 Å². The Balaban J connectivity index is 2.96. The molecule has 0 aromatic carbocycles. The van der Waals surface area contributed by atoms with Crippen LogP contribution in [0.2, 0.25) is 0 Å². The number of cyclic esters (lactones) is 1. The fourth-order valence-electron chi connectivity index (χ4n) is 1.03. The van der Waals surface area contributed by atoms with Crippen molar-refractivity contribution < 1.29 is 39.9 Å². The molecule has 0 saturated carbocycles. The molecule has 8 nitrogen and oxygen atoms in total. The number of aliphatic hydroxyl groups is 4. The molecule has 8 heteroatoms. The summed E-state index contributed by atoms with van der Waals surface area (Å²) < 4.78 is 3.98. The number of hydrogen-bond donors (Lipinski definition) is 5. The van der Waals surface area contributed by atoms with Crippen LogP contribution in [0.4, 0.5) is 0 Å². The number of carbonyl (C=O) groups excluding carboxylic acids is 1. The van der Waals surface area contributed by atoms with Gasteiger partial charge in [-0.3, -0.25) is 0 Å². The topological polar surface area (TPSA) is 145 Å². The first-order valence-corrected chi connectivity index (χ1v) is 3.53. The van der Waals surface area contributed by atoms with Crippen LogP contribution in [0.3, 0.4) is 0 Å². The Morgan fingerprint density at radius 3 is 2.29 bits per heavy atom. The molecule has 0 radical (unpaired) electrons. The molecule has 4 unspecified atom stereocenters. The Morgan fingerprint density at radius 2 is 2.00 bits per heavy atom. The van der Waals surface area contributed by atoms with Crippen molar-refractivity contribution in [1.29, 1.82) is 0 Å². The number of rotatable bonds is 2. The van der Waals surface area contributed by atoms with Crippen molar-refractivity contribution in [1.82, 2.24) is 0 Å². The monoisotopic (exact) mass is 208 g/mol. The molecule has 1 aliphatic rings. The molecule has 1 aliphatic heterocycles. The van der Waals surface area contributed by atoms with Gasteiger partial charge in [0.05, 0.1) is 0 Å². The van der Waals surface area contributed by atoms with E-state index in [1.807, 2.05) is 0 Å². The first-order chi connectivity index (χ1) is 6.30. The normalized spacial score (nSPS) is 39.3. The van der Waals surface area contributed by atoms with Crippen LogP contribution >= 0.6 is 0 Å². The molecule has 5 N–H and O–H groups in total. The number of ether oxygens (including phenoxy) is 1. The largest absolute Gasteiger partial charge is 0.479 e. The highest BCUT2D eigenvalue weighted by Gasteiger charge is 2.60. The van der Waals surface area contributed by atoms with Gasteiger partial charge in [-0.2, -0.15) is 0 Å². The Bertz CT molecular complexity index is 275. The second-order valence-electron chi connectivity index (χ2n) is 2.80. The van der Waals surface area contributed by atoms with Gasteiger partial charge in [0.2, 0.25) is 6.10 Å². The van der Waals surface area contributed by atoms with Gasteiger partial charge in [-0.1, -0.05) is 0 Å². The third kappa shape index (κ3) is 1.34. The van der Waals surface area contributed by atoms with E-state index in [9.17, 15) is 14.7 Å². The summed E-state index contributed by atoms with van der Waals surface area (Å²) in [4.78, 5) is 20.9. The summed E-state index contributed by atoms with van der Waals surface area (Å²) in [6.07, 6.45) is -6.81. The first-order valence-electron chi connectivity index (χ1n) is 3.53. The molecular formula is C6H8O8. The minimum absolute atomic E-state index is 1.40. The maximum Gasteiger partial charge on any atom is 0.340 e. The molecule has 0 aliphatic carbocycles. The highest BCUT2D eigenvalue weighted by atomic mass is 16.7. The van der Waals surface area contributed by atoms with Crippen molar-refractivity contribution in [2.24, 2.45) is 0 Å². The van der Waals surface area contributed by atoms with Crippen molar-refractivity contribution in [3.05, 3.63) is 0 Å². The van der Waals surface area contributed by atoms with E-state index in [4.69, 9.17) is 20.4 Å². The van der Waals surface area contributed by atoms with Gasteiger partial charge < -0.3 is 30.3 Å². The summed E-state index contributed by atoms with van der Waals surface area (Å²) in [6, 6.07) is 0. The van der Waals surface area contributed by atoms with Gasteiger partial charge in [0.25, 0.3) is 5.79 Å². The van der Waals surface area contributed by atoms with E-state index in [-0.39, 0.29) is 0 Å². The van der Waals surface area contributed by atoms with E-state index in [0.717, 1.165) is 0 Å². The summed E-state index contributed by atoms with van der Waals surface area (Å²) in [7, 11) is 0. The molecule has 1 saturated heterocycles. The number of hydrogen-bond acceptors (Lipinski definition) is 7. The predicted molar refractivity (Wildman–Crippen MR) is 36.7 cm³/mol. The van der Waals surface area contributed by atoms with Gasteiger partial charge in [0.1, 0.15) is 0 Å². The van der Waals surface area contributed by atoms with Crippen LogP contribution in [0.15, 0.2) is 0 Å². The van der Waals surface area contributed by atoms with E-state index in [2.05, 4.69) is 4.74 Å². The lowest BCUT2D eigenvalue weighted by Gasteiger charge is -2.26. The number of carboxylic acid groups (broad SMARTS) is 1. The van der Waals surface area contributed by atoms with E-state index in [1.54, 1.807) is 0 Å². The predicted octanol–water partition coefficient (Wildman–Crippen LogP) is -3.60. The molecule has 14 heavy (non-hydrogen) atoms. The van der Waals surface area contributed by atoms with Crippen molar-refractivity contribution in [2.75, 3.05) is 0 Å². The minimum atomic E-state index is -3.01. The Labute approximate surface area is 77.0 Å². The van der Waals surface area contributed by atoms with Gasteiger partial charge in [-0.05, 0) is 0 Å². The molecule has 0 amide bonds. The molecule has 0 aromatic heterocycles. The van der Waals surface area contributed by atoms with Crippen molar-refractivity contribution in [3.8, 4) is 0 Å². The molecule has 80 valence electrons. The van der Waals surface area contributed by atoms with Gasteiger partial charge >= 0.3 is 11.9 Å². The van der Waals surface area contributed by atoms with Crippen molar-refractivity contribution in [2.45, 2.75) is 24.1 Å². The van der Waals surface area contributed by atoms with Crippen LogP contribution in [-0.2, 0) is 14.3 Å². The molecule has 1 rings (SSSR count). The standard InChI is InChI=1S/C6H8O8/c7-1-2(8)6(13,14-5(1)12)3(9)4(10)11/h1-3,7-9,13H,(H,10,11). The molecule has 1 heterocycles. The maximum atomic E-state index is 10.6. The number of aliphatic hydroxyl groups excluding tert-OH is 3. The van der Waals surface area contributed by atoms with E-state index < -0.39 is 36.0 Å². The highest BCUT2D eigenvalue weighted by molar-refractivity contribution is 5.81. The summed E-state index contributed by atoms with van der Waals surface area (Å²) in [5, 5.41) is 44.3. The average molecular weight is 208 g/mol. The van der Waals surface area contributed by atoms with E-state index >= 15 is 0 Å². The maximum absolute atomic E-state index is 10.6. The quantitative estimate of drug-likeness (QED) is 0.293. The summed E-state index contributed by atoms with van der Waals surface area (Å²) in [6.45, 7) is 0. The molecule has 0 spiro atoms. The lowest BCUT2D eigenvalue weighted by atomic mass is 10.0. The van der Waals surface area contributed by atoms with Crippen molar-refractivity contribution in [3.63, 3.8) is 0 Å². The lowest BCUT2D eigenvalue weighted by molar-refractivity contribution is -0.260. The van der Waals surface area contributed by atoms with Crippen LogP contribution in [0, 0.1) is 0 Å². The zero-order valence-electron chi connectivity index (χ0n) is 6.69. The number of carboxylic acids is 1. The average Bonchev–Trinajstić information content (AvgIpc) is 2.30. The smallest absolute Gasteiger partial charge is 0.340 e. The van der Waals surface area contributed by atoms with Crippen LogP contribution in [0.25, 0.3) is 0 Å². The molecule has 1 fully saturated rings. The zero-order valence-corrected chi connectivity index (χ0v) is 6.69. The van der Waals surface area contributed by atoms with Gasteiger partial charge in [-0.25, -0.2) is 9.59 Å². The lowest BCUT2D eigenvalue weighted by Crippen LogP contribution is -2.55. The molecule has 0 bridgehead atoms. The van der Waals surface area contributed by atoms with Gasteiger partial charge in [-0.15, -0.1) is 0 Å². The van der Waals surface area contributed by atoms with Crippen molar-refractivity contribution >= 4 is 11.9 Å². The zero-order chi connectivity index (χ0) is 11.1. The molecule has 0 aromatic rings. The summed E-state index contributed by atoms with van der Waals surface area (Å²) in [5.41, 5.74) is 0. The van der Waals surface area contributed by atoms with Crippen LogP contribution < -0.4 is 0 Å². The summed E-state index contributed by atoms with van der Waals surface area (Å²) in [5.74, 6) is -6.31. The number of carbonyl (C=O) groups is 2. The number of aliphatic carboxylic acids is 1. The van der Waals surface area contributed by atoms with Crippen LogP contribution in [-0.4, -0.2) is 61.6 Å². The summed E-state index contributed by atoms with van der Waals surface area (Å²) >= 11 is 0. The molecular weight excluding hydrogens is 200 g/mol. The second-order valence-corrected chi connectivity index (χ2v) is 2.80. The Morgan fingerprint density at radius 1 is 1.50 bits per heavy atom. The van der Waals surface area contributed by atoms with Crippen LogP contribution in [0.5, 0.6) is 0 Å². The number of esters is 1. The van der Waals surface area contributed by atoms with E-state index in [1.165, 1.54) is 0 Å². The highest BCUT2D eigenvalue weighted by Crippen LogP contribution is 2.28. The second kappa shape index (κ2) is 3.17. The fraction of sp³-hybridized carbons (Fsp3) is 0.667. The Hall–Kier alpha value is -1.22. The van der Waals surface area contributed by atoms with E-state index in [0.29, 0.717) is 0 Å². The third-order valence-electron chi connectivity index (χ3n) is 1.85. The SMILES string of the molecule is O=C1OC(O)(C(O)C(=O)O)C(O)C1O. The molecule has 4 atom stereocenters. The fourth-order valence-corrected chi connectivity index (χ4v) is 1.03. The first kappa shape index (κ1) is 10.9. The Kier molecular flexibility index (Phi) is 2.46.